The van der Waals surface area contributed by atoms with Crippen molar-refractivity contribution in [2.45, 2.75) is 33.1 Å². The van der Waals surface area contributed by atoms with Gasteiger partial charge in [0, 0.05) is 12.8 Å². The molecule has 0 aliphatic heterocycles. The van der Waals surface area contributed by atoms with Gasteiger partial charge in [-0.2, -0.15) is 0 Å². The van der Waals surface area contributed by atoms with Gasteiger partial charge in [-0.25, -0.2) is 0 Å². The zero-order chi connectivity index (χ0) is 10.1. The van der Waals surface area contributed by atoms with Crippen molar-refractivity contribution in [1.82, 2.24) is 0 Å². The number of hydrogen-bond acceptors (Lipinski definition) is 3. The monoisotopic (exact) mass is 184 g/mol. The lowest BCUT2D eigenvalue weighted by molar-refractivity contribution is -0.154. The summed E-state index contributed by atoms with van der Waals surface area (Å²) in [6.07, 6.45) is 1.73. The van der Waals surface area contributed by atoms with Crippen LogP contribution in [-0.2, 0) is 14.3 Å². The molecule has 3 heteroatoms. The molecule has 1 aliphatic rings. The first-order valence-corrected chi connectivity index (χ1v) is 4.57. The fraction of sp³-hybridized carbons (Fsp3) is 0.800. The molecular formula is C10H16O3. The summed E-state index contributed by atoms with van der Waals surface area (Å²) < 4.78 is 4.68. The van der Waals surface area contributed by atoms with Gasteiger partial charge in [0.25, 0.3) is 0 Å². The molecule has 0 aromatic carbocycles. The quantitative estimate of drug-likeness (QED) is 0.581. The van der Waals surface area contributed by atoms with Crippen LogP contribution in [0, 0.1) is 11.3 Å². The number of hydrogen-bond donors (Lipinski definition) is 0. The molecule has 0 amide bonds. The molecule has 1 atom stereocenters. The molecule has 1 fully saturated rings. The van der Waals surface area contributed by atoms with Crippen LogP contribution in [0.25, 0.3) is 0 Å². The summed E-state index contributed by atoms with van der Waals surface area (Å²) in [6.45, 7) is 4.03. The number of carbonyl (C=O) groups excluding carboxylic acids is 2. The Morgan fingerprint density at radius 2 is 2.15 bits per heavy atom. The molecule has 0 bridgehead atoms. The van der Waals surface area contributed by atoms with Crippen LogP contribution in [0.4, 0.5) is 0 Å². The van der Waals surface area contributed by atoms with E-state index in [1.807, 2.05) is 13.8 Å². The first-order chi connectivity index (χ1) is 5.97. The Balaban J connectivity index is 2.77. The van der Waals surface area contributed by atoms with E-state index in [0.29, 0.717) is 12.8 Å². The molecule has 3 nitrogen and oxygen atoms in total. The summed E-state index contributed by atoms with van der Waals surface area (Å²) in [5, 5.41) is 0. The Hall–Kier alpha value is -0.860. The van der Waals surface area contributed by atoms with Gasteiger partial charge in [0.05, 0.1) is 13.0 Å². The Kier molecular flexibility index (Phi) is 2.74. The minimum absolute atomic E-state index is 0.0962. The van der Waals surface area contributed by atoms with E-state index in [0.717, 1.165) is 6.42 Å². The molecule has 0 N–H and O–H groups in total. The lowest BCUT2D eigenvalue weighted by Crippen LogP contribution is -2.37. The van der Waals surface area contributed by atoms with Crippen molar-refractivity contribution in [3.63, 3.8) is 0 Å². The molecule has 1 saturated carbocycles. The minimum Gasteiger partial charge on any atom is -0.469 e. The number of ketones is 1. The van der Waals surface area contributed by atoms with Gasteiger partial charge in [-0.3, -0.25) is 9.59 Å². The van der Waals surface area contributed by atoms with E-state index in [1.165, 1.54) is 7.11 Å². The van der Waals surface area contributed by atoms with Gasteiger partial charge >= 0.3 is 5.97 Å². The van der Waals surface area contributed by atoms with E-state index in [4.69, 9.17) is 0 Å². The maximum absolute atomic E-state index is 11.4. The van der Waals surface area contributed by atoms with Crippen molar-refractivity contribution < 1.29 is 14.3 Å². The topological polar surface area (TPSA) is 43.4 Å². The van der Waals surface area contributed by atoms with Gasteiger partial charge in [0.15, 0.2) is 0 Å². The molecule has 0 aromatic heterocycles. The Labute approximate surface area is 78.5 Å². The number of rotatable bonds is 1. The van der Waals surface area contributed by atoms with Crippen molar-refractivity contribution in [2.24, 2.45) is 11.3 Å². The molecule has 1 aliphatic carbocycles. The summed E-state index contributed by atoms with van der Waals surface area (Å²) in [6, 6.07) is 0. The first kappa shape index (κ1) is 10.2. The van der Waals surface area contributed by atoms with Crippen LogP contribution < -0.4 is 0 Å². The van der Waals surface area contributed by atoms with E-state index < -0.39 is 0 Å². The second-order valence-corrected chi connectivity index (χ2v) is 4.31. The van der Waals surface area contributed by atoms with Crippen LogP contribution in [0.3, 0.4) is 0 Å². The van der Waals surface area contributed by atoms with E-state index in [9.17, 15) is 9.59 Å². The van der Waals surface area contributed by atoms with Crippen molar-refractivity contribution in [3.05, 3.63) is 0 Å². The SMILES string of the molecule is COC(=O)[C@@H]1CC(=O)CCC1(C)C. The highest BCUT2D eigenvalue weighted by Gasteiger charge is 2.40. The fourth-order valence-corrected chi connectivity index (χ4v) is 1.79. The molecular weight excluding hydrogens is 168 g/mol. The number of ether oxygens (including phenoxy) is 1. The normalized spacial score (nSPS) is 27.0. The number of methoxy groups -OCH3 is 1. The second-order valence-electron chi connectivity index (χ2n) is 4.31. The average Bonchev–Trinajstić information content (AvgIpc) is 2.08. The number of Topliss-reactive ketones (excluding diaryl/α,β-unsaturated/α-hetero) is 1. The van der Waals surface area contributed by atoms with Crippen LogP contribution in [0.1, 0.15) is 33.1 Å². The fourth-order valence-electron chi connectivity index (χ4n) is 1.79. The van der Waals surface area contributed by atoms with Gasteiger partial charge in [-0.05, 0) is 11.8 Å². The van der Waals surface area contributed by atoms with E-state index in [2.05, 4.69) is 4.74 Å². The van der Waals surface area contributed by atoms with Crippen LogP contribution in [0.15, 0.2) is 0 Å². The van der Waals surface area contributed by atoms with Crippen LogP contribution in [0.2, 0.25) is 0 Å². The maximum atomic E-state index is 11.4. The molecule has 74 valence electrons. The van der Waals surface area contributed by atoms with Gasteiger partial charge in [0.2, 0.25) is 0 Å². The summed E-state index contributed by atoms with van der Waals surface area (Å²) in [5.41, 5.74) is -0.0962. The van der Waals surface area contributed by atoms with Crippen molar-refractivity contribution >= 4 is 11.8 Å². The Morgan fingerprint density at radius 1 is 1.54 bits per heavy atom. The smallest absolute Gasteiger partial charge is 0.309 e. The third-order valence-corrected chi connectivity index (χ3v) is 2.91. The lowest BCUT2D eigenvalue weighted by atomic mass is 9.68. The predicted molar refractivity (Wildman–Crippen MR) is 48.1 cm³/mol. The largest absolute Gasteiger partial charge is 0.469 e. The minimum atomic E-state index is -0.252. The van der Waals surface area contributed by atoms with Gasteiger partial charge in [-0.15, -0.1) is 0 Å². The highest BCUT2D eigenvalue weighted by Crippen LogP contribution is 2.39. The number of carbonyl (C=O) groups is 2. The van der Waals surface area contributed by atoms with Crippen molar-refractivity contribution in [3.8, 4) is 0 Å². The molecule has 0 heterocycles. The molecule has 0 radical (unpaired) electrons. The number of esters is 1. The molecule has 13 heavy (non-hydrogen) atoms. The third kappa shape index (κ3) is 2.08. The standard InChI is InChI=1S/C10H16O3/c1-10(2)5-4-7(11)6-8(10)9(12)13-3/h8H,4-6H2,1-3H3/t8-/m0/s1. The van der Waals surface area contributed by atoms with Gasteiger partial charge in [0.1, 0.15) is 5.78 Å². The van der Waals surface area contributed by atoms with E-state index in [-0.39, 0.29) is 23.1 Å². The molecule has 1 rings (SSSR count). The first-order valence-electron chi connectivity index (χ1n) is 4.57. The zero-order valence-corrected chi connectivity index (χ0v) is 8.42. The highest BCUT2D eigenvalue weighted by molar-refractivity contribution is 5.86. The molecule has 0 saturated heterocycles. The molecule has 0 spiro atoms. The summed E-state index contributed by atoms with van der Waals surface area (Å²) in [4.78, 5) is 22.5. The van der Waals surface area contributed by atoms with Gasteiger partial charge in [-0.1, -0.05) is 13.8 Å². The van der Waals surface area contributed by atoms with Crippen LogP contribution in [-0.4, -0.2) is 18.9 Å². The zero-order valence-electron chi connectivity index (χ0n) is 8.42. The lowest BCUT2D eigenvalue weighted by Gasteiger charge is -2.35. The van der Waals surface area contributed by atoms with Gasteiger partial charge < -0.3 is 4.74 Å². The second kappa shape index (κ2) is 3.48. The van der Waals surface area contributed by atoms with Crippen LogP contribution >= 0.6 is 0 Å². The summed E-state index contributed by atoms with van der Waals surface area (Å²) >= 11 is 0. The van der Waals surface area contributed by atoms with E-state index in [1.54, 1.807) is 0 Å². The summed E-state index contributed by atoms with van der Waals surface area (Å²) in [5.74, 6) is -0.327. The highest BCUT2D eigenvalue weighted by atomic mass is 16.5. The third-order valence-electron chi connectivity index (χ3n) is 2.91. The van der Waals surface area contributed by atoms with E-state index >= 15 is 0 Å². The summed E-state index contributed by atoms with van der Waals surface area (Å²) in [7, 11) is 1.37. The van der Waals surface area contributed by atoms with Crippen molar-refractivity contribution in [1.29, 1.82) is 0 Å². The molecule has 0 unspecified atom stereocenters. The Bertz CT molecular complexity index is 230. The average molecular weight is 184 g/mol. The van der Waals surface area contributed by atoms with Crippen molar-refractivity contribution in [2.75, 3.05) is 7.11 Å². The Morgan fingerprint density at radius 3 is 2.69 bits per heavy atom. The van der Waals surface area contributed by atoms with Crippen LogP contribution in [0.5, 0.6) is 0 Å². The maximum Gasteiger partial charge on any atom is 0.309 e. The predicted octanol–water partition coefficient (Wildman–Crippen LogP) is 1.55. The molecule has 0 aromatic rings.